The molecule has 0 aromatic heterocycles. The van der Waals surface area contributed by atoms with E-state index in [-0.39, 0.29) is 23.4 Å². The molecule has 2 nitrogen and oxygen atoms in total. The molecule has 2 unspecified atom stereocenters. The molecule has 86 valence electrons. The van der Waals surface area contributed by atoms with Gasteiger partial charge in [0.2, 0.25) is 5.91 Å². The van der Waals surface area contributed by atoms with Crippen LogP contribution in [0.3, 0.4) is 0 Å². The molecule has 4 heteroatoms. The molecule has 0 saturated carbocycles. The van der Waals surface area contributed by atoms with Crippen LogP contribution in [0.5, 0.6) is 0 Å². The van der Waals surface area contributed by atoms with Gasteiger partial charge in [0.1, 0.15) is 0 Å². The van der Waals surface area contributed by atoms with E-state index < -0.39 is 6.43 Å². The Bertz CT molecular complexity index is 406. The fourth-order valence-corrected chi connectivity index (χ4v) is 2.12. The Hall–Kier alpha value is -1.45. The number of amides is 1. The van der Waals surface area contributed by atoms with E-state index in [4.69, 9.17) is 0 Å². The molecule has 16 heavy (non-hydrogen) atoms. The molecular weight excluding hydrogens is 212 g/mol. The van der Waals surface area contributed by atoms with Crippen molar-refractivity contribution < 1.29 is 13.6 Å². The molecule has 1 fully saturated rings. The summed E-state index contributed by atoms with van der Waals surface area (Å²) in [4.78, 5) is 11.2. The van der Waals surface area contributed by atoms with E-state index in [9.17, 15) is 13.6 Å². The summed E-state index contributed by atoms with van der Waals surface area (Å²) in [6.45, 7) is 1.89. The van der Waals surface area contributed by atoms with Gasteiger partial charge in [-0.3, -0.25) is 4.79 Å². The third kappa shape index (κ3) is 2.05. The highest BCUT2D eigenvalue weighted by Crippen LogP contribution is 2.30. The lowest BCUT2D eigenvalue weighted by atomic mass is 9.92. The minimum Gasteiger partial charge on any atom is -0.353 e. The van der Waals surface area contributed by atoms with Crippen molar-refractivity contribution in [3.8, 4) is 0 Å². The zero-order valence-electron chi connectivity index (χ0n) is 8.91. The van der Waals surface area contributed by atoms with Gasteiger partial charge < -0.3 is 5.32 Å². The van der Waals surface area contributed by atoms with Crippen LogP contribution < -0.4 is 5.32 Å². The lowest BCUT2D eigenvalue weighted by Gasteiger charge is -2.15. The standard InChI is InChI=1S/C12H13F2NO/c1-7-10(6-11(16)15-7)8-3-2-4-9(5-8)12(13)14/h2-5,7,10,12H,6H2,1H3,(H,15,16). The van der Waals surface area contributed by atoms with Crippen LogP contribution in [-0.2, 0) is 4.79 Å². The summed E-state index contributed by atoms with van der Waals surface area (Å²) in [6, 6.07) is 6.33. The molecule has 2 atom stereocenters. The largest absolute Gasteiger partial charge is 0.353 e. The van der Waals surface area contributed by atoms with E-state index in [0.717, 1.165) is 5.56 Å². The van der Waals surface area contributed by atoms with Gasteiger partial charge in [0.15, 0.2) is 0 Å². The fourth-order valence-electron chi connectivity index (χ4n) is 2.12. The maximum absolute atomic E-state index is 12.5. The van der Waals surface area contributed by atoms with E-state index in [1.54, 1.807) is 12.1 Å². The van der Waals surface area contributed by atoms with Crippen molar-refractivity contribution in [2.75, 3.05) is 0 Å². The van der Waals surface area contributed by atoms with Crippen molar-refractivity contribution >= 4 is 5.91 Å². The molecule has 0 radical (unpaired) electrons. The summed E-state index contributed by atoms with van der Waals surface area (Å²) in [5.74, 6) is -0.00819. The van der Waals surface area contributed by atoms with Crippen molar-refractivity contribution in [3.05, 3.63) is 35.4 Å². The maximum atomic E-state index is 12.5. The number of carbonyl (C=O) groups is 1. The first kappa shape index (κ1) is 11.0. The monoisotopic (exact) mass is 225 g/mol. The summed E-state index contributed by atoms with van der Waals surface area (Å²) >= 11 is 0. The van der Waals surface area contributed by atoms with Crippen molar-refractivity contribution in [1.29, 1.82) is 0 Å². The summed E-state index contributed by atoms with van der Waals surface area (Å²) < 4.78 is 25.1. The van der Waals surface area contributed by atoms with Crippen LogP contribution in [0.25, 0.3) is 0 Å². The lowest BCUT2D eigenvalue weighted by molar-refractivity contribution is -0.119. The normalized spacial score (nSPS) is 24.9. The van der Waals surface area contributed by atoms with E-state index in [1.165, 1.54) is 12.1 Å². The molecule has 1 heterocycles. The van der Waals surface area contributed by atoms with Gasteiger partial charge in [-0.25, -0.2) is 8.78 Å². The first-order valence-corrected chi connectivity index (χ1v) is 5.25. The second kappa shape index (κ2) is 4.20. The smallest absolute Gasteiger partial charge is 0.263 e. The molecular formula is C12H13F2NO. The zero-order chi connectivity index (χ0) is 11.7. The molecule has 2 rings (SSSR count). The first-order valence-electron chi connectivity index (χ1n) is 5.25. The molecule has 1 saturated heterocycles. The SMILES string of the molecule is CC1NC(=O)CC1c1cccc(C(F)F)c1. The van der Waals surface area contributed by atoms with Crippen molar-refractivity contribution in [2.24, 2.45) is 0 Å². The number of carbonyl (C=O) groups excluding carboxylic acids is 1. The first-order chi connectivity index (χ1) is 7.58. The predicted octanol–water partition coefficient (Wildman–Crippen LogP) is 2.62. The number of hydrogen-bond acceptors (Lipinski definition) is 1. The van der Waals surface area contributed by atoms with Gasteiger partial charge >= 0.3 is 0 Å². The Kier molecular flexibility index (Phi) is 2.90. The van der Waals surface area contributed by atoms with Gasteiger partial charge in [0, 0.05) is 23.9 Å². The van der Waals surface area contributed by atoms with Crippen LogP contribution in [-0.4, -0.2) is 11.9 Å². The number of halogens is 2. The highest BCUT2D eigenvalue weighted by Gasteiger charge is 2.30. The summed E-state index contributed by atoms with van der Waals surface area (Å²) in [5.41, 5.74) is 0.827. The molecule has 1 amide bonds. The number of benzene rings is 1. The Morgan fingerprint density at radius 3 is 2.75 bits per heavy atom. The molecule has 1 aromatic rings. The number of alkyl halides is 2. The van der Waals surface area contributed by atoms with Crippen molar-refractivity contribution in [1.82, 2.24) is 5.32 Å². The Balaban J connectivity index is 2.27. The number of rotatable bonds is 2. The number of hydrogen-bond donors (Lipinski definition) is 1. The fraction of sp³-hybridized carbons (Fsp3) is 0.417. The predicted molar refractivity (Wildman–Crippen MR) is 56.4 cm³/mol. The minimum absolute atomic E-state index is 0.00574. The highest BCUT2D eigenvalue weighted by atomic mass is 19.3. The lowest BCUT2D eigenvalue weighted by Crippen LogP contribution is -2.24. The van der Waals surface area contributed by atoms with Gasteiger partial charge in [-0.1, -0.05) is 18.2 Å². The average molecular weight is 225 g/mol. The molecule has 0 aliphatic carbocycles. The average Bonchev–Trinajstić information content (AvgIpc) is 2.58. The van der Waals surface area contributed by atoms with Gasteiger partial charge in [0.05, 0.1) is 0 Å². The van der Waals surface area contributed by atoms with E-state index in [0.29, 0.717) is 6.42 Å². The van der Waals surface area contributed by atoms with Gasteiger partial charge in [-0.2, -0.15) is 0 Å². The second-order valence-electron chi connectivity index (χ2n) is 4.14. The van der Waals surface area contributed by atoms with E-state index >= 15 is 0 Å². The van der Waals surface area contributed by atoms with Gasteiger partial charge in [-0.15, -0.1) is 0 Å². The topological polar surface area (TPSA) is 29.1 Å². The Morgan fingerprint density at radius 1 is 1.44 bits per heavy atom. The van der Waals surface area contributed by atoms with Crippen LogP contribution >= 0.6 is 0 Å². The maximum Gasteiger partial charge on any atom is 0.263 e. The van der Waals surface area contributed by atoms with E-state index in [1.807, 2.05) is 6.92 Å². The van der Waals surface area contributed by atoms with Crippen LogP contribution in [0.15, 0.2) is 24.3 Å². The zero-order valence-corrected chi connectivity index (χ0v) is 8.91. The van der Waals surface area contributed by atoms with Gasteiger partial charge in [-0.05, 0) is 18.6 Å². The molecule has 1 N–H and O–H groups in total. The van der Waals surface area contributed by atoms with Crippen LogP contribution in [0, 0.1) is 0 Å². The summed E-state index contributed by atoms with van der Waals surface area (Å²) in [7, 11) is 0. The highest BCUT2D eigenvalue weighted by molar-refractivity contribution is 5.80. The van der Waals surface area contributed by atoms with Gasteiger partial charge in [0.25, 0.3) is 6.43 Å². The summed E-state index contributed by atoms with van der Waals surface area (Å²) in [5, 5.41) is 2.79. The van der Waals surface area contributed by atoms with Crippen LogP contribution in [0.4, 0.5) is 8.78 Å². The van der Waals surface area contributed by atoms with Crippen molar-refractivity contribution in [3.63, 3.8) is 0 Å². The molecule has 0 bridgehead atoms. The minimum atomic E-state index is -2.46. The third-order valence-electron chi connectivity index (χ3n) is 2.99. The third-order valence-corrected chi connectivity index (χ3v) is 2.99. The Labute approximate surface area is 92.7 Å². The van der Waals surface area contributed by atoms with Crippen LogP contribution in [0.2, 0.25) is 0 Å². The quantitative estimate of drug-likeness (QED) is 0.823. The van der Waals surface area contributed by atoms with Crippen LogP contribution in [0.1, 0.15) is 36.8 Å². The molecule has 0 spiro atoms. The Morgan fingerprint density at radius 2 is 2.19 bits per heavy atom. The summed E-state index contributed by atoms with van der Waals surface area (Å²) in [6.07, 6.45) is -2.08. The van der Waals surface area contributed by atoms with E-state index in [2.05, 4.69) is 5.32 Å². The molecule has 1 aliphatic heterocycles. The number of nitrogens with one attached hydrogen (secondary N) is 1. The van der Waals surface area contributed by atoms with Crippen molar-refractivity contribution in [2.45, 2.75) is 31.7 Å². The molecule has 1 aliphatic rings. The second-order valence-corrected chi connectivity index (χ2v) is 4.14. The molecule has 1 aromatic carbocycles.